The zero-order valence-corrected chi connectivity index (χ0v) is 19.0. The van der Waals surface area contributed by atoms with Gasteiger partial charge in [-0.1, -0.05) is 18.2 Å². The maximum Gasteiger partial charge on any atom is 0.253 e. The number of aromatic nitrogens is 3. The number of carbonyl (C=O) groups excluding carboxylic acids is 2. The van der Waals surface area contributed by atoms with Crippen molar-refractivity contribution in [2.45, 2.75) is 38.8 Å². The van der Waals surface area contributed by atoms with Crippen LogP contribution in [0.5, 0.6) is 0 Å². The van der Waals surface area contributed by atoms with E-state index < -0.39 is 6.04 Å². The van der Waals surface area contributed by atoms with E-state index in [9.17, 15) is 9.59 Å². The van der Waals surface area contributed by atoms with Crippen LogP contribution in [0.15, 0.2) is 41.8 Å². The third-order valence-electron chi connectivity index (χ3n) is 5.50. The third kappa shape index (κ3) is 4.77. The summed E-state index contributed by atoms with van der Waals surface area (Å²) in [5.41, 5.74) is 1.55. The zero-order chi connectivity index (χ0) is 21.8. The minimum Gasteiger partial charge on any atom is -0.350 e. The lowest BCUT2D eigenvalue weighted by atomic mass is 10.1. The molecule has 31 heavy (non-hydrogen) atoms. The Balaban J connectivity index is 1.43. The molecule has 1 aliphatic rings. The number of thiophene rings is 1. The number of benzene rings is 1. The molecule has 2 amide bonds. The van der Waals surface area contributed by atoms with Crippen LogP contribution >= 0.6 is 23.6 Å². The molecule has 1 atom stereocenters. The van der Waals surface area contributed by atoms with Crippen molar-refractivity contribution in [3.8, 4) is 10.7 Å². The van der Waals surface area contributed by atoms with Gasteiger partial charge in [-0.2, -0.15) is 5.10 Å². The molecule has 0 spiro atoms. The average molecular weight is 456 g/mol. The summed E-state index contributed by atoms with van der Waals surface area (Å²) in [4.78, 5) is 28.5. The molecule has 1 aromatic carbocycles. The van der Waals surface area contributed by atoms with Crippen molar-refractivity contribution < 1.29 is 9.59 Å². The second-order valence-electron chi connectivity index (χ2n) is 7.65. The molecule has 162 valence electrons. The van der Waals surface area contributed by atoms with Gasteiger partial charge in [0.05, 0.1) is 4.88 Å². The number of carbonyl (C=O) groups is 2. The van der Waals surface area contributed by atoms with Gasteiger partial charge in [0.1, 0.15) is 6.04 Å². The van der Waals surface area contributed by atoms with Crippen LogP contribution in [0.2, 0.25) is 0 Å². The number of amides is 2. The number of hydrogen-bond donors (Lipinski definition) is 2. The summed E-state index contributed by atoms with van der Waals surface area (Å²) in [5, 5.41) is 12.0. The molecule has 3 aromatic rings. The zero-order valence-electron chi connectivity index (χ0n) is 17.3. The van der Waals surface area contributed by atoms with Crippen molar-refractivity contribution in [2.75, 3.05) is 13.1 Å². The van der Waals surface area contributed by atoms with Gasteiger partial charge in [0.25, 0.3) is 5.91 Å². The number of nitrogens with one attached hydrogen (secondary N) is 2. The Morgan fingerprint density at radius 1 is 1.23 bits per heavy atom. The fraction of sp³-hybridized carbons (Fsp3) is 0.364. The number of hydrogen-bond acceptors (Lipinski definition) is 5. The molecule has 1 aliphatic heterocycles. The van der Waals surface area contributed by atoms with Gasteiger partial charge >= 0.3 is 0 Å². The highest BCUT2D eigenvalue weighted by molar-refractivity contribution is 7.71. The molecule has 0 aliphatic carbocycles. The standard InChI is InChI=1S/C22H25N5O2S2/c1-15(27-19(24-25-22(27)30)18-9-6-12-31-18)20(28)23-14-16-7-5-8-17(13-16)21(29)26-10-3-2-4-11-26/h5-9,12-13,15H,2-4,10-11,14H2,1H3,(H,23,28)(H,25,30). The normalized spacial score (nSPS) is 14.9. The lowest BCUT2D eigenvalue weighted by molar-refractivity contribution is -0.124. The maximum absolute atomic E-state index is 12.9. The van der Waals surface area contributed by atoms with E-state index in [1.165, 1.54) is 6.42 Å². The van der Waals surface area contributed by atoms with Crippen molar-refractivity contribution in [3.05, 3.63) is 57.7 Å². The summed E-state index contributed by atoms with van der Waals surface area (Å²) in [7, 11) is 0. The van der Waals surface area contributed by atoms with Gasteiger partial charge in [0, 0.05) is 25.2 Å². The van der Waals surface area contributed by atoms with Crippen LogP contribution in [0.1, 0.15) is 48.1 Å². The Labute approximate surface area is 190 Å². The summed E-state index contributed by atoms with van der Waals surface area (Å²) in [5.74, 6) is 0.548. The van der Waals surface area contributed by atoms with Crippen LogP contribution in [0.25, 0.3) is 10.7 Å². The van der Waals surface area contributed by atoms with Gasteiger partial charge in [0.2, 0.25) is 5.91 Å². The highest BCUT2D eigenvalue weighted by Gasteiger charge is 2.22. The smallest absolute Gasteiger partial charge is 0.253 e. The first kappa shape index (κ1) is 21.5. The molecular weight excluding hydrogens is 430 g/mol. The lowest BCUT2D eigenvalue weighted by Crippen LogP contribution is -2.35. The number of likely N-dealkylation sites (tertiary alicyclic amines) is 1. The van der Waals surface area contributed by atoms with Crippen molar-refractivity contribution in [3.63, 3.8) is 0 Å². The number of nitrogens with zero attached hydrogens (tertiary/aromatic N) is 3. The van der Waals surface area contributed by atoms with E-state index in [1.54, 1.807) is 22.8 Å². The fourth-order valence-electron chi connectivity index (χ4n) is 3.79. The van der Waals surface area contributed by atoms with Crippen molar-refractivity contribution in [2.24, 2.45) is 0 Å². The summed E-state index contributed by atoms with van der Waals surface area (Å²) < 4.78 is 2.13. The van der Waals surface area contributed by atoms with Gasteiger partial charge in [-0.15, -0.1) is 11.3 Å². The van der Waals surface area contributed by atoms with Crippen LogP contribution in [0.4, 0.5) is 0 Å². The topological polar surface area (TPSA) is 83.0 Å². The number of piperidine rings is 1. The molecular formula is C22H25N5O2S2. The van der Waals surface area contributed by atoms with Gasteiger partial charge in [-0.05, 0) is 67.5 Å². The summed E-state index contributed by atoms with van der Waals surface area (Å²) >= 11 is 6.90. The molecule has 7 nitrogen and oxygen atoms in total. The SMILES string of the molecule is CC(C(=O)NCc1cccc(C(=O)N2CCCCC2)c1)n1c(-c2cccs2)n[nH]c1=S. The summed E-state index contributed by atoms with van der Waals surface area (Å²) in [6.07, 6.45) is 3.30. The minimum absolute atomic E-state index is 0.0616. The molecule has 4 rings (SSSR count). The van der Waals surface area contributed by atoms with Gasteiger partial charge in [-0.25, -0.2) is 0 Å². The quantitative estimate of drug-likeness (QED) is 0.547. The van der Waals surface area contributed by atoms with Gasteiger partial charge in [0.15, 0.2) is 10.6 Å². The summed E-state index contributed by atoms with van der Waals surface area (Å²) in [6, 6.07) is 10.8. The van der Waals surface area contributed by atoms with Crippen molar-refractivity contribution >= 4 is 35.4 Å². The first-order valence-electron chi connectivity index (χ1n) is 10.4. The fourth-order valence-corrected chi connectivity index (χ4v) is 4.79. The molecule has 2 aromatic heterocycles. The Morgan fingerprint density at radius 3 is 2.77 bits per heavy atom. The van der Waals surface area contributed by atoms with Crippen molar-refractivity contribution in [1.29, 1.82) is 0 Å². The Kier molecular flexibility index (Phi) is 6.62. The molecule has 3 heterocycles. The highest BCUT2D eigenvalue weighted by atomic mass is 32.1. The lowest BCUT2D eigenvalue weighted by Gasteiger charge is -2.26. The molecule has 1 fully saturated rings. The molecule has 0 bridgehead atoms. The third-order valence-corrected chi connectivity index (χ3v) is 6.65. The van der Waals surface area contributed by atoms with E-state index in [0.29, 0.717) is 22.7 Å². The van der Waals surface area contributed by atoms with E-state index in [2.05, 4.69) is 15.5 Å². The predicted molar refractivity (Wildman–Crippen MR) is 123 cm³/mol. The molecule has 0 radical (unpaired) electrons. The second kappa shape index (κ2) is 9.57. The van der Waals surface area contributed by atoms with Crippen LogP contribution < -0.4 is 5.32 Å². The molecule has 1 unspecified atom stereocenters. The van der Waals surface area contributed by atoms with E-state index in [4.69, 9.17) is 12.2 Å². The van der Waals surface area contributed by atoms with E-state index in [1.807, 2.05) is 46.7 Å². The van der Waals surface area contributed by atoms with E-state index in [-0.39, 0.29) is 11.8 Å². The van der Waals surface area contributed by atoms with Crippen LogP contribution in [0.3, 0.4) is 0 Å². The van der Waals surface area contributed by atoms with Gasteiger partial charge in [-0.3, -0.25) is 19.3 Å². The Morgan fingerprint density at radius 2 is 2.03 bits per heavy atom. The number of rotatable bonds is 6. The van der Waals surface area contributed by atoms with E-state index >= 15 is 0 Å². The predicted octanol–water partition coefficient (Wildman–Crippen LogP) is 4.17. The van der Waals surface area contributed by atoms with E-state index in [0.717, 1.165) is 36.4 Å². The molecule has 1 saturated heterocycles. The van der Waals surface area contributed by atoms with Crippen LogP contribution in [0, 0.1) is 4.77 Å². The first-order chi connectivity index (χ1) is 15.0. The number of aromatic amines is 1. The molecule has 2 N–H and O–H groups in total. The minimum atomic E-state index is -0.526. The Bertz CT molecular complexity index is 1110. The number of H-pyrrole nitrogens is 1. The Hall–Kier alpha value is -2.78. The average Bonchev–Trinajstić information content (AvgIpc) is 3.47. The maximum atomic E-state index is 12.9. The molecule has 0 saturated carbocycles. The molecule has 9 heteroatoms. The summed E-state index contributed by atoms with van der Waals surface area (Å²) in [6.45, 7) is 3.77. The monoisotopic (exact) mass is 455 g/mol. The highest BCUT2D eigenvalue weighted by Crippen LogP contribution is 2.25. The van der Waals surface area contributed by atoms with Crippen molar-refractivity contribution in [1.82, 2.24) is 25.0 Å². The largest absolute Gasteiger partial charge is 0.350 e. The second-order valence-corrected chi connectivity index (χ2v) is 8.98. The first-order valence-corrected chi connectivity index (χ1v) is 11.7. The van der Waals surface area contributed by atoms with Crippen LogP contribution in [-0.4, -0.2) is 44.6 Å². The van der Waals surface area contributed by atoms with Gasteiger partial charge < -0.3 is 10.2 Å². The van der Waals surface area contributed by atoms with Crippen LogP contribution in [-0.2, 0) is 11.3 Å².